The number of para-hydroxylation sites is 2. The van der Waals surface area contributed by atoms with E-state index in [0.717, 1.165) is 5.52 Å². The molecule has 0 aliphatic rings. The van der Waals surface area contributed by atoms with E-state index in [-0.39, 0.29) is 5.75 Å². The summed E-state index contributed by atoms with van der Waals surface area (Å²) in [6.45, 7) is 0. The van der Waals surface area contributed by atoms with E-state index >= 15 is 0 Å². The van der Waals surface area contributed by atoms with Crippen LogP contribution in [0.1, 0.15) is 0 Å². The van der Waals surface area contributed by atoms with E-state index in [1.807, 2.05) is 12.1 Å². The van der Waals surface area contributed by atoms with Gasteiger partial charge >= 0.3 is 0 Å². The fourth-order valence-corrected chi connectivity index (χ4v) is 2.09. The fraction of sp³-hybridized carbons (Fsp3) is 0. The molecule has 0 aliphatic heterocycles. The zero-order chi connectivity index (χ0) is 12.7. The smallest absolute Gasteiger partial charge is 0.149 e. The Bertz CT molecular complexity index is 736. The van der Waals surface area contributed by atoms with Crippen molar-refractivity contribution >= 4 is 28.3 Å². The molecule has 3 aromatic rings. The van der Waals surface area contributed by atoms with Crippen LogP contribution in [0.25, 0.3) is 22.4 Å². The molecule has 0 amide bonds. The molecule has 5 heteroatoms. The third kappa shape index (κ3) is 1.58. The lowest BCUT2D eigenvalue weighted by atomic mass is 10.1. The molecule has 0 saturated carbocycles. The number of aromatic hydroxyl groups is 1. The molecule has 3 rings (SSSR count). The number of H-pyrrole nitrogens is 1. The lowest BCUT2D eigenvalue weighted by Gasteiger charge is -2.03. The minimum Gasteiger partial charge on any atom is -0.505 e. The zero-order valence-electron chi connectivity index (χ0n) is 9.31. The van der Waals surface area contributed by atoms with Gasteiger partial charge in [-0.05, 0) is 24.3 Å². The van der Waals surface area contributed by atoms with Crippen LogP contribution >= 0.6 is 11.6 Å². The summed E-state index contributed by atoms with van der Waals surface area (Å²) in [5.41, 5.74) is 8.04. The maximum absolute atomic E-state index is 9.93. The molecule has 0 bridgehead atoms. The van der Waals surface area contributed by atoms with E-state index in [4.69, 9.17) is 17.3 Å². The Morgan fingerprint density at radius 1 is 1.17 bits per heavy atom. The number of anilines is 1. The molecule has 2 aromatic carbocycles. The minimum absolute atomic E-state index is 0.0210. The summed E-state index contributed by atoms with van der Waals surface area (Å²) >= 11 is 6.06. The third-order valence-electron chi connectivity index (χ3n) is 2.79. The van der Waals surface area contributed by atoms with Gasteiger partial charge in [0.25, 0.3) is 0 Å². The quantitative estimate of drug-likeness (QED) is 0.464. The lowest BCUT2D eigenvalue weighted by Crippen LogP contribution is -1.88. The Hall–Kier alpha value is -2.20. The van der Waals surface area contributed by atoms with E-state index < -0.39 is 0 Å². The van der Waals surface area contributed by atoms with E-state index in [2.05, 4.69) is 9.97 Å². The molecule has 0 radical (unpaired) electrons. The fourth-order valence-electron chi connectivity index (χ4n) is 1.88. The molecule has 18 heavy (non-hydrogen) atoms. The van der Waals surface area contributed by atoms with Gasteiger partial charge in [0.2, 0.25) is 0 Å². The number of phenols is 1. The second-order valence-electron chi connectivity index (χ2n) is 3.96. The summed E-state index contributed by atoms with van der Waals surface area (Å²) in [7, 11) is 0. The molecular formula is C13H10ClN3O. The molecule has 1 aromatic heterocycles. The monoisotopic (exact) mass is 259 g/mol. The van der Waals surface area contributed by atoms with Crippen molar-refractivity contribution in [2.45, 2.75) is 0 Å². The van der Waals surface area contributed by atoms with Gasteiger partial charge in [0.1, 0.15) is 17.1 Å². The molecule has 4 nitrogen and oxygen atoms in total. The van der Waals surface area contributed by atoms with Gasteiger partial charge in [-0.1, -0.05) is 23.7 Å². The van der Waals surface area contributed by atoms with Crippen molar-refractivity contribution in [3.8, 4) is 17.1 Å². The standard InChI is InChI=1S/C13H10ClN3O/c14-8-4-2-6-10-11(8)17-13(16-10)7-3-1-5-9(15)12(7)18/h1-6,18H,15H2,(H,16,17). The van der Waals surface area contributed by atoms with Crippen molar-refractivity contribution < 1.29 is 5.11 Å². The summed E-state index contributed by atoms with van der Waals surface area (Å²) in [6.07, 6.45) is 0. The number of nitrogens with one attached hydrogen (secondary N) is 1. The number of nitrogens with zero attached hydrogens (tertiary/aromatic N) is 1. The summed E-state index contributed by atoms with van der Waals surface area (Å²) in [6, 6.07) is 10.6. The third-order valence-corrected chi connectivity index (χ3v) is 3.09. The number of halogens is 1. The summed E-state index contributed by atoms with van der Waals surface area (Å²) in [4.78, 5) is 7.49. The highest BCUT2D eigenvalue weighted by atomic mass is 35.5. The van der Waals surface area contributed by atoms with Gasteiger partial charge in [-0.2, -0.15) is 0 Å². The molecule has 1 heterocycles. The molecule has 0 fully saturated rings. The molecule has 0 unspecified atom stereocenters. The molecule has 0 spiro atoms. The van der Waals surface area contributed by atoms with Crippen LogP contribution in [-0.4, -0.2) is 15.1 Å². The number of aromatic nitrogens is 2. The van der Waals surface area contributed by atoms with Gasteiger partial charge in [0.05, 0.1) is 21.8 Å². The number of hydrogen-bond donors (Lipinski definition) is 3. The number of hydrogen-bond acceptors (Lipinski definition) is 3. The van der Waals surface area contributed by atoms with Crippen molar-refractivity contribution in [1.29, 1.82) is 0 Å². The second-order valence-corrected chi connectivity index (χ2v) is 4.37. The Balaban J connectivity index is 2.26. The highest BCUT2D eigenvalue weighted by molar-refractivity contribution is 6.35. The first-order chi connectivity index (χ1) is 8.66. The van der Waals surface area contributed by atoms with Gasteiger partial charge in [-0.3, -0.25) is 0 Å². The summed E-state index contributed by atoms with van der Waals surface area (Å²) in [5.74, 6) is 0.565. The summed E-state index contributed by atoms with van der Waals surface area (Å²) in [5, 5.41) is 10.5. The minimum atomic E-state index is 0.0210. The molecule has 0 atom stereocenters. The highest BCUT2D eigenvalue weighted by Gasteiger charge is 2.12. The first kappa shape index (κ1) is 10.9. The van der Waals surface area contributed by atoms with Crippen LogP contribution < -0.4 is 5.73 Å². The molecule has 0 saturated heterocycles. The average molecular weight is 260 g/mol. The number of imidazole rings is 1. The van der Waals surface area contributed by atoms with Gasteiger partial charge in [0.15, 0.2) is 0 Å². The topological polar surface area (TPSA) is 74.9 Å². The van der Waals surface area contributed by atoms with Crippen molar-refractivity contribution in [3.63, 3.8) is 0 Å². The normalized spacial score (nSPS) is 10.9. The van der Waals surface area contributed by atoms with Crippen LogP contribution in [0.4, 0.5) is 5.69 Å². The Morgan fingerprint density at radius 2 is 1.94 bits per heavy atom. The van der Waals surface area contributed by atoms with Crippen LogP contribution in [0.5, 0.6) is 5.75 Å². The molecule has 0 aliphatic carbocycles. The maximum Gasteiger partial charge on any atom is 0.149 e. The first-order valence-electron chi connectivity index (χ1n) is 5.39. The molecule has 90 valence electrons. The van der Waals surface area contributed by atoms with Gasteiger partial charge in [-0.15, -0.1) is 0 Å². The van der Waals surface area contributed by atoms with Gasteiger partial charge < -0.3 is 15.8 Å². The van der Waals surface area contributed by atoms with Crippen molar-refractivity contribution in [2.75, 3.05) is 5.73 Å². The zero-order valence-corrected chi connectivity index (χ0v) is 10.1. The Morgan fingerprint density at radius 3 is 2.72 bits per heavy atom. The van der Waals surface area contributed by atoms with Crippen LogP contribution in [0.2, 0.25) is 5.02 Å². The number of aromatic amines is 1. The largest absolute Gasteiger partial charge is 0.505 e. The first-order valence-corrected chi connectivity index (χ1v) is 5.76. The number of nitrogen functional groups attached to an aromatic ring is 1. The van der Waals surface area contributed by atoms with Gasteiger partial charge in [0, 0.05) is 0 Å². The molecule has 4 N–H and O–H groups in total. The SMILES string of the molecule is Nc1cccc(-c2nc3c(Cl)cccc3[nH]2)c1O. The van der Waals surface area contributed by atoms with Gasteiger partial charge in [-0.25, -0.2) is 4.98 Å². The van der Waals surface area contributed by atoms with Crippen LogP contribution in [0, 0.1) is 0 Å². The predicted octanol–water partition coefficient (Wildman–Crippen LogP) is 3.17. The number of benzene rings is 2. The Kier molecular flexibility index (Phi) is 2.38. The second kappa shape index (κ2) is 3.92. The highest BCUT2D eigenvalue weighted by Crippen LogP contribution is 2.33. The van der Waals surface area contributed by atoms with Crippen molar-refractivity contribution in [2.24, 2.45) is 0 Å². The van der Waals surface area contributed by atoms with E-state index in [1.165, 1.54) is 0 Å². The van der Waals surface area contributed by atoms with E-state index in [1.54, 1.807) is 24.3 Å². The average Bonchev–Trinajstić information content (AvgIpc) is 2.78. The Labute approximate surface area is 108 Å². The van der Waals surface area contributed by atoms with E-state index in [0.29, 0.717) is 27.6 Å². The van der Waals surface area contributed by atoms with Crippen LogP contribution in [0.3, 0.4) is 0 Å². The number of nitrogens with two attached hydrogens (primary N) is 1. The van der Waals surface area contributed by atoms with Crippen LogP contribution in [0.15, 0.2) is 36.4 Å². The van der Waals surface area contributed by atoms with E-state index in [9.17, 15) is 5.11 Å². The lowest BCUT2D eigenvalue weighted by molar-refractivity contribution is 0.479. The number of phenolic OH excluding ortho intramolecular Hbond substituents is 1. The predicted molar refractivity (Wildman–Crippen MR) is 72.6 cm³/mol. The summed E-state index contributed by atoms with van der Waals surface area (Å²) < 4.78 is 0. The molecular weight excluding hydrogens is 250 g/mol. The van der Waals surface area contributed by atoms with Crippen molar-refractivity contribution in [1.82, 2.24) is 9.97 Å². The van der Waals surface area contributed by atoms with Crippen molar-refractivity contribution in [3.05, 3.63) is 41.4 Å². The number of rotatable bonds is 1. The maximum atomic E-state index is 9.93. The number of fused-ring (bicyclic) bond motifs is 1. The van der Waals surface area contributed by atoms with Crippen LogP contribution in [-0.2, 0) is 0 Å².